The highest BCUT2D eigenvalue weighted by Crippen LogP contribution is 2.24. The number of carboxylic acids is 1. The van der Waals surface area contributed by atoms with E-state index in [1.807, 2.05) is 0 Å². The molecule has 0 bridgehead atoms. The number of amides is 1. The molecule has 98 valence electrons. The van der Waals surface area contributed by atoms with Crippen LogP contribution in [-0.4, -0.2) is 38.6 Å². The molecular formula is C12H11N3O4. The maximum Gasteiger partial charge on any atom is 0.322 e. The van der Waals surface area contributed by atoms with Crippen LogP contribution < -0.4 is 5.32 Å². The smallest absolute Gasteiger partial charge is 0.322 e. The van der Waals surface area contributed by atoms with Crippen molar-refractivity contribution in [2.45, 2.75) is 6.92 Å². The van der Waals surface area contributed by atoms with Crippen molar-refractivity contribution in [3.8, 4) is 5.75 Å². The van der Waals surface area contributed by atoms with Crippen molar-refractivity contribution < 1.29 is 19.8 Å². The molecule has 2 aromatic rings. The van der Waals surface area contributed by atoms with Gasteiger partial charge in [0, 0.05) is 6.20 Å². The third-order valence-corrected chi connectivity index (χ3v) is 2.44. The Bertz CT molecular complexity index is 664. The van der Waals surface area contributed by atoms with Crippen LogP contribution in [0.25, 0.3) is 11.0 Å². The minimum atomic E-state index is -1.17. The molecule has 0 radical (unpaired) electrons. The number of carbonyl (C=O) groups is 2. The van der Waals surface area contributed by atoms with E-state index in [0.717, 1.165) is 0 Å². The van der Waals surface area contributed by atoms with Crippen LogP contribution >= 0.6 is 0 Å². The fourth-order valence-electron chi connectivity index (χ4n) is 1.62. The van der Waals surface area contributed by atoms with Gasteiger partial charge in [-0.3, -0.25) is 14.6 Å². The Morgan fingerprint density at radius 3 is 2.79 bits per heavy atom. The molecule has 0 saturated carbocycles. The van der Waals surface area contributed by atoms with Gasteiger partial charge >= 0.3 is 5.97 Å². The summed E-state index contributed by atoms with van der Waals surface area (Å²) in [4.78, 5) is 30.6. The van der Waals surface area contributed by atoms with Crippen molar-refractivity contribution in [3.63, 3.8) is 0 Å². The second-order valence-electron chi connectivity index (χ2n) is 3.92. The zero-order valence-corrected chi connectivity index (χ0v) is 10.0. The Morgan fingerprint density at radius 1 is 1.37 bits per heavy atom. The van der Waals surface area contributed by atoms with Crippen LogP contribution in [0.2, 0.25) is 0 Å². The zero-order chi connectivity index (χ0) is 14.0. The number of fused-ring (bicyclic) bond motifs is 1. The van der Waals surface area contributed by atoms with Crippen molar-refractivity contribution >= 4 is 22.9 Å². The van der Waals surface area contributed by atoms with E-state index in [0.29, 0.717) is 11.2 Å². The number of nitrogens with one attached hydrogen (secondary N) is 1. The van der Waals surface area contributed by atoms with E-state index in [9.17, 15) is 14.7 Å². The van der Waals surface area contributed by atoms with Crippen molar-refractivity contribution in [1.82, 2.24) is 15.3 Å². The van der Waals surface area contributed by atoms with Crippen LogP contribution in [0.1, 0.15) is 16.1 Å². The number of phenols is 1. The number of aromatic nitrogens is 2. The minimum Gasteiger partial charge on any atom is -0.507 e. The van der Waals surface area contributed by atoms with Gasteiger partial charge in [-0.1, -0.05) is 0 Å². The SMILES string of the molecule is Cc1cnc2ccc(O)c(C(=O)NCC(=O)O)c2n1. The fraction of sp³-hybridized carbons (Fsp3) is 0.167. The standard InChI is InChI=1S/C12H11N3O4/c1-6-4-13-7-2-3-8(16)10(11(7)15-6)12(19)14-5-9(17)18/h2-4,16H,5H2,1H3,(H,14,19)(H,17,18). The van der Waals surface area contributed by atoms with Crippen molar-refractivity contribution in [1.29, 1.82) is 0 Å². The van der Waals surface area contributed by atoms with Gasteiger partial charge in [-0.25, -0.2) is 4.98 Å². The summed E-state index contributed by atoms with van der Waals surface area (Å²) < 4.78 is 0. The number of aryl methyl sites for hydroxylation is 1. The molecule has 7 nitrogen and oxygen atoms in total. The summed E-state index contributed by atoms with van der Waals surface area (Å²) in [6.07, 6.45) is 1.54. The van der Waals surface area contributed by atoms with Gasteiger partial charge in [0.15, 0.2) is 0 Å². The monoisotopic (exact) mass is 261 g/mol. The molecule has 1 amide bonds. The lowest BCUT2D eigenvalue weighted by molar-refractivity contribution is -0.135. The lowest BCUT2D eigenvalue weighted by Crippen LogP contribution is -2.29. The Morgan fingerprint density at radius 2 is 2.11 bits per heavy atom. The summed E-state index contributed by atoms with van der Waals surface area (Å²) in [6.45, 7) is 1.17. The normalized spacial score (nSPS) is 10.4. The highest BCUT2D eigenvalue weighted by Gasteiger charge is 2.17. The van der Waals surface area contributed by atoms with Gasteiger partial charge in [-0.2, -0.15) is 0 Å². The molecule has 1 heterocycles. The maximum absolute atomic E-state index is 11.9. The van der Waals surface area contributed by atoms with Gasteiger partial charge in [-0.05, 0) is 19.1 Å². The van der Waals surface area contributed by atoms with E-state index < -0.39 is 18.4 Å². The van der Waals surface area contributed by atoms with E-state index in [2.05, 4.69) is 15.3 Å². The molecule has 0 saturated heterocycles. The molecule has 0 aliphatic rings. The van der Waals surface area contributed by atoms with Crippen LogP contribution in [0.3, 0.4) is 0 Å². The number of benzene rings is 1. The van der Waals surface area contributed by atoms with Crippen molar-refractivity contribution in [2.24, 2.45) is 0 Å². The first-order valence-electron chi connectivity index (χ1n) is 5.44. The summed E-state index contributed by atoms with van der Waals surface area (Å²) in [6, 6.07) is 2.85. The number of rotatable bonds is 3. The summed E-state index contributed by atoms with van der Waals surface area (Å²) in [7, 11) is 0. The van der Waals surface area contributed by atoms with Gasteiger partial charge in [0.05, 0.1) is 11.2 Å². The number of carbonyl (C=O) groups excluding carboxylic acids is 1. The van der Waals surface area contributed by atoms with Gasteiger partial charge in [-0.15, -0.1) is 0 Å². The fourth-order valence-corrected chi connectivity index (χ4v) is 1.62. The first kappa shape index (κ1) is 12.7. The van der Waals surface area contributed by atoms with Crippen molar-refractivity contribution in [3.05, 3.63) is 29.6 Å². The maximum atomic E-state index is 11.9. The summed E-state index contributed by atoms with van der Waals surface area (Å²) >= 11 is 0. The Kier molecular flexibility index (Phi) is 3.28. The number of nitrogens with zero attached hydrogens (tertiary/aromatic N) is 2. The van der Waals surface area contributed by atoms with Gasteiger partial charge < -0.3 is 15.5 Å². The van der Waals surface area contributed by atoms with E-state index >= 15 is 0 Å². The third kappa shape index (κ3) is 2.59. The van der Waals surface area contributed by atoms with Gasteiger partial charge in [0.2, 0.25) is 0 Å². The van der Waals surface area contributed by atoms with E-state index in [4.69, 9.17) is 5.11 Å². The Balaban J connectivity index is 2.51. The van der Waals surface area contributed by atoms with Crippen molar-refractivity contribution in [2.75, 3.05) is 6.54 Å². The second kappa shape index (κ2) is 4.89. The number of hydrogen-bond acceptors (Lipinski definition) is 5. The van der Waals surface area contributed by atoms with E-state index in [1.54, 1.807) is 6.92 Å². The molecule has 0 spiro atoms. The molecule has 1 aromatic heterocycles. The molecule has 2 rings (SSSR count). The predicted octanol–water partition coefficient (Wildman–Crippen LogP) is 0.458. The van der Waals surface area contributed by atoms with Gasteiger partial charge in [0.25, 0.3) is 5.91 Å². The lowest BCUT2D eigenvalue weighted by atomic mass is 10.1. The second-order valence-corrected chi connectivity index (χ2v) is 3.92. The highest BCUT2D eigenvalue weighted by atomic mass is 16.4. The Hall–Kier alpha value is -2.70. The third-order valence-electron chi connectivity index (χ3n) is 2.44. The average Bonchev–Trinajstić information content (AvgIpc) is 2.35. The summed E-state index contributed by atoms with van der Waals surface area (Å²) in [5, 5.41) is 20.5. The molecule has 1 aromatic carbocycles. The molecule has 0 aliphatic heterocycles. The molecular weight excluding hydrogens is 250 g/mol. The highest BCUT2D eigenvalue weighted by molar-refractivity contribution is 6.07. The molecule has 0 aliphatic carbocycles. The predicted molar refractivity (Wildman–Crippen MR) is 65.9 cm³/mol. The number of hydrogen-bond donors (Lipinski definition) is 3. The number of carboxylic acid groups (broad SMARTS) is 1. The number of aromatic hydroxyl groups is 1. The largest absolute Gasteiger partial charge is 0.507 e. The van der Waals surface area contributed by atoms with E-state index in [-0.39, 0.29) is 16.8 Å². The molecule has 0 unspecified atom stereocenters. The zero-order valence-electron chi connectivity index (χ0n) is 10.0. The van der Waals surface area contributed by atoms with Crippen LogP contribution in [0.4, 0.5) is 0 Å². The first-order valence-corrected chi connectivity index (χ1v) is 5.44. The van der Waals surface area contributed by atoms with Crippen LogP contribution in [0.5, 0.6) is 5.75 Å². The first-order chi connectivity index (χ1) is 8.99. The Labute approximate surface area is 107 Å². The lowest BCUT2D eigenvalue weighted by Gasteiger charge is -2.08. The van der Waals surface area contributed by atoms with E-state index in [1.165, 1.54) is 18.3 Å². The summed E-state index contributed by atoms with van der Waals surface area (Å²) in [5.41, 5.74) is 1.20. The molecule has 7 heteroatoms. The quantitative estimate of drug-likeness (QED) is 0.739. The topological polar surface area (TPSA) is 112 Å². The molecule has 3 N–H and O–H groups in total. The molecule has 0 fully saturated rings. The number of aliphatic carboxylic acids is 1. The average molecular weight is 261 g/mol. The van der Waals surface area contributed by atoms with Crippen LogP contribution in [0, 0.1) is 6.92 Å². The van der Waals surface area contributed by atoms with Gasteiger partial charge in [0.1, 0.15) is 23.4 Å². The van der Waals surface area contributed by atoms with Crippen LogP contribution in [-0.2, 0) is 4.79 Å². The molecule has 19 heavy (non-hydrogen) atoms. The summed E-state index contributed by atoms with van der Waals surface area (Å²) in [5.74, 6) is -2.14. The number of phenolic OH excluding ortho intramolecular Hbond substituents is 1. The minimum absolute atomic E-state index is 0.0741. The molecule has 0 atom stereocenters. The van der Waals surface area contributed by atoms with Crippen LogP contribution in [0.15, 0.2) is 18.3 Å².